The molecular weight excluding hydrogens is 222 g/mol. The van der Waals surface area contributed by atoms with E-state index in [9.17, 15) is 18.4 Å². The molecule has 1 fully saturated rings. The number of carbonyl (C=O) groups is 2. The van der Waals surface area contributed by atoms with Gasteiger partial charge in [-0.1, -0.05) is 0 Å². The van der Waals surface area contributed by atoms with Gasteiger partial charge in [-0.05, 0) is 25.7 Å². The van der Waals surface area contributed by atoms with E-state index in [1.54, 1.807) is 0 Å². The summed E-state index contributed by atoms with van der Waals surface area (Å²) >= 11 is 0. The Balaban J connectivity index is 2.22. The third kappa shape index (κ3) is 4.12. The summed E-state index contributed by atoms with van der Waals surface area (Å²) in [6.45, 7) is -0.337. The molecular formula is C10H14F2O4. The van der Waals surface area contributed by atoms with Crippen molar-refractivity contribution in [3.63, 3.8) is 0 Å². The summed E-state index contributed by atoms with van der Waals surface area (Å²) in [6.07, 6.45) is 3.39. The molecule has 0 radical (unpaired) electrons. The van der Waals surface area contributed by atoms with E-state index in [4.69, 9.17) is 4.74 Å². The first-order valence-corrected chi connectivity index (χ1v) is 5.14. The third-order valence-electron chi connectivity index (χ3n) is 2.28. The topological polar surface area (TPSA) is 52.6 Å². The maximum Gasteiger partial charge on any atom is 0.377 e. The molecule has 0 spiro atoms. The Morgan fingerprint density at radius 1 is 1.31 bits per heavy atom. The smallest absolute Gasteiger partial charge is 0.377 e. The van der Waals surface area contributed by atoms with Gasteiger partial charge >= 0.3 is 17.9 Å². The summed E-state index contributed by atoms with van der Waals surface area (Å²) in [4.78, 5) is 21.7. The van der Waals surface area contributed by atoms with Gasteiger partial charge in [0.25, 0.3) is 0 Å². The van der Waals surface area contributed by atoms with Crippen molar-refractivity contribution in [1.29, 1.82) is 0 Å². The summed E-state index contributed by atoms with van der Waals surface area (Å²) in [5.74, 6) is -6.06. The molecule has 0 aromatic heterocycles. The number of ether oxygens (including phenoxy) is 2. The van der Waals surface area contributed by atoms with Crippen LogP contribution in [0.4, 0.5) is 8.78 Å². The average Bonchev–Trinajstić information content (AvgIpc) is 2.65. The van der Waals surface area contributed by atoms with Crippen molar-refractivity contribution in [3.8, 4) is 0 Å². The number of hydrogen-bond donors (Lipinski definition) is 0. The van der Waals surface area contributed by atoms with Crippen LogP contribution in [0.25, 0.3) is 0 Å². The van der Waals surface area contributed by atoms with Gasteiger partial charge in [0, 0.05) is 6.92 Å². The maximum atomic E-state index is 12.3. The molecule has 1 aliphatic carbocycles. The monoisotopic (exact) mass is 236 g/mol. The van der Waals surface area contributed by atoms with Crippen LogP contribution in [0, 0.1) is 0 Å². The zero-order valence-corrected chi connectivity index (χ0v) is 9.00. The summed E-state index contributed by atoms with van der Waals surface area (Å²) in [6, 6.07) is 0. The van der Waals surface area contributed by atoms with Crippen molar-refractivity contribution >= 4 is 11.9 Å². The van der Waals surface area contributed by atoms with E-state index in [0.29, 0.717) is 6.92 Å². The van der Waals surface area contributed by atoms with Crippen molar-refractivity contribution < 1.29 is 27.8 Å². The molecule has 0 aliphatic heterocycles. The largest absolute Gasteiger partial charge is 0.460 e. The molecule has 0 N–H and O–H groups in total. The van der Waals surface area contributed by atoms with Gasteiger partial charge in [0.1, 0.15) is 6.10 Å². The second-order valence-electron chi connectivity index (χ2n) is 3.86. The number of carbonyl (C=O) groups excluding carboxylic acids is 2. The van der Waals surface area contributed by atoms with Crippen LogP contribution in [0.15, 0.2) is 0 Å². The molecule has 0 amide bonds. The maximum absolute atomic E-state index is 12.3. The van der Waals surface area contributed by atoms with E-state index in [-0.39, 0.29) is 6.10 Å². The normalized spacial score (nSPS) is 17.2. The molecule has 4 nitrogen and oxygen atoms in total. The molecule has 1 rings (SSSR count). The zero-order valence-electron chi connectivity index (χ0n) is 9.00. The summed E-state index contributed by atoms with van der Waals surface area (Å²) in [7, 11) is 0. The summed E-state index contributed by atoms with van der Waals surface area (Å²) in [5.41, 5.74) is 0. The third-order valence-corrected chi connectivity index (χ3v) is 2.28. The fourth-order valence-corrected chi connectivity index (χ4v) is 1.48. The number of hydrogen-bond acceptors (Lipinski definition) is 4. The SMILES string of the molecule is CC(F)(F)C(=O)OCC(=O)OC1CCCC1. The van der Waals surface area contributed by atoms with Crippen LogP contribution < -0.4 is 0 Å². The number of halogens is 2. The second-order valence-corrected chi connectivity index (χ2v) is 3.86. The van der Waals surface area contributed by atoms with E-state index in [0.717, 1.165) is 25.7 Å². The zero-order chi connectivity index (χ0) is 12.2. The minimum absolute atomic E-state index is 0.159. The van der Waals surface area contributed by atoms with Crippen LogP contribution in [0.3, 0.4) is 0 Å². The molecule has 1 saturated carbocycles. The van der Waals surface area contributed by atoms with Crippen LogP contribution in [0.5, 0.6) is 0 Å². The standard InChI is InChI=1S/C10H14F2O4/c1-10(11,12)9(14)15-6-8(13)16-7-4-2-3-5-7/h7H,2-6H2,1H3. The minimum atomic E-state index is -3.58. The molecule has 92 valence electrons. The van der Waals surface area contributed by atoms with E-state index in [1.807, 2.05) is 0 Å². The van der Waals surface area contributed by atoms with Gasteiger partial charge in [-0.3, -0.25) is 0 Å². The van der Waals surface area contributed by atoms with Crippen LogP contribution in [0.1, 0.15) is 32.6 Å². The summed E-state index contributed by atoms with van der Waals surface area (Å²) in [5, 5.41) is 0. The molecule has 0 aromatic carbocycles. The Bertz CT molecular complexity index is 266. The Morgan fingerprint density at radius 3 is 2.38 bits per heavy atom. The molecule has 0 unspecified atom stereocenters. The summed E-state index contributed by atoms with van der Waals surface area (Å²) < 4.78 is 33.7. The number of alkyl halides is 2. The van der Waals surface area contributed by atoms with E-state index >= 15 is 0 Å². The first-order valence-electron chi connectivity index (χ1n) is 5.14. The van der Waals surface area contributed by atoms with Gasteiger partial charge in [0.05, 0.1) is 0 Å². The lowest BCUT2D eigenvalue weighted by atomic mass is 10.3. The molecule has 16 heavy (non-hydrogen) atoms. The minimum Gasteiger partial charge on any atom is -0.460 e. The first-order chi connectivity index (χ1) is 7.39. The van der Waals surface area contributed by atoms with Crippen molar-refractivity contribution in [2.45, 2.75) is 44.6 Å². The van der Waals surface area contributed by atoms with Crippen LogP contribution in [-0.4, -0.2) is 30.6 Å². The Morgan fingerprint density at radius 2 is 1.88 bits per heavy atom. The highest BCUT2D eigenvalue weighted by Crippen LogP contribution is 2.21. The van der Waals surface area contributed by atoms with Gasteiger partial charge in [0.15, 0.2) is 6.61 Å². The molecule has 0 bridgehead atoms. The molecule has 0 saturated heterocycles. The van der Waals surface area contributed by atoms with Gasteiger partial charge in [0.2, 0.25) is 0 Å². The highest BCUT2D eigenvalue weighted by molar-refractivity contribution is 5.80. The van der Waals surface area contributed by atoms with Crippen LogP contribution in [0.2, 0.25) is 0 Å². The lowest BCUT2D eigenvalue weighted by Crippen LogP contribution is -2.30. The first kappa shape index (κ1) is 12.9. The van der Waals surface area contributed by atoms with Gasteiger partial charge < -0.3 is 9.47 Å². The number of rotatable bonds is 4. The Kier molecular flexibility index (Phi) is 4.20. The highest BCUT2D eigenvalue weighted by Gasteiger charge is 2.35. The van der Waals surface area contributed by atoms with Crippen LogP contribution in [-0.2, 0) is 19.1 Å². The molecule has 0 heterocycles. The number of esters is 2. The molecule has 1 aliphatic rings. The van der Waals surface area contributed by atoms with Crippen molar-refractivity contribution in [2.24, 2.45) is 0 Å². The van der Waals surface area contributed by atoms with Crippen molar-refractivity contribution in [2.75, 3.05) is 6.61 Å². The lowest BCUT2D eigenvalue weighted by Gasteiger charge is -2.12. The van der Waals surface area contributed by atoms with E-state index in [1.165, 1.54) is 0 Å². The Hall–Kier alpha value is -1.20. The fourth-order valence-electron chi connectivity index (χ4n) is 1.48. The molecule has 0 aromatic rings. The quantitative estimate of drug-likeness (QED) is 0.697. The van der Waals surface area contributed by atoms with E-state index in [2.05, 4.69) is 4.74 Å². The Labute approximate surface area is 91.9 Å². The highest BCUT2D eigenvalue weighted by atomic mass is 19.3. The average molecular weight is 236 g/mol. The molecule has 6 heteroatoms. The van der Waals surface area contributed by atoms with Crippen LogP contribution >= 0.6 is 0 Å². The van der Waals surface area contributed by atoms with E-state index < -0.39 is 24.5 Å². The predicted octanol–water partition coefficient (Wildman–Crippen LogP) is 1.67. The fraction of sp³-hybridized carbons (Fsp3) is 0.800. The van der Waals surface area contributed by atoms with Gasteiger partial charge in [-0.25, -0.2) is 9.59 Å². The van der Waals surface area contributed by atoms with Crippen molar-refractivity contribution in [1.82, 2.24) is 0 Å². The second kappa shape index (κ2) is 5.23. The van der Waals surface area contributed by atoms with Gasteiger partial charge in [-0.15, -0.1) is 0 Å². The van der Waals surface area contributed by atoms with Gasteiger partial charge in [-0.2, -0.15) is 8.78 Å². The molecule has 0 atom stereocenters. The lowest BCUT2D eigenvalue weighted by molar-refractivity contribution is -0.176. The predicted molar refractivity (Wildman–Crippen MR) is 49.9 cm³/mol. The van der Waals surface area contributed by atoms with Crippen molar-refractivity contribution in [3.05, 3.63) is 0 Å².